The Hall–Kier alpha value is -2.84. The van der Waals surface area contributed by atoms with Gasteiger partial charge in [-0.1, -0.05) is 55.7 Å². The number of carbonyl (C=O) groups excluding carboxylic acids is 1. The number of benzene rings is 2. The minimum absolute atomic E-state index is 0.0472. The lowest BCUT2D eigenvalue weighted by Crippen LogP contribution is -2.38. The lowest BCUT2D eigenvalue weighted by Gasteiger charge is -2.32. The minimum Gasteiger partial charge on any atom is -0.459 e. The first-order chi connectivity index (χ1) is 17.3. The molecular weight excluding hydrogens is 471 g/mol. The Labute approximate surface area is 209 Å². The molecule has 0 aliphatic carbocycles. The molecule has 1 amide bonds. The fraction of sp³-hybridized carbons (Fsp3) is 0.464. The fourth-order valence-electron chi connectivity index (χ4n) is 4.60. The van der Waals surface area contributed by atoms with Crippen LogP contribution in [0.2, 0.25) is 0 Å². The summed E-state index contributed by atoms with van der Waals surface area (Å²) in [5.74, 6) is -0.335. The highest BCUT2D eigenvalue weighted by molar-refractivity contribution is 5.91. The molecule has 0 saturated carbocycles. The zero-order valence-corrected chi connectivity index (χ0v) is 20.2. The summed E-state index contributed by atoms with van der Waals surface area (Å²) < 4.78 is 51.2. The Balaban J connectivity index is 1.53. The summed E-state index contributed by atoms with van der Waals surface area (Å²) in [6.45, 7) is 1.51. The summed E-state index contributed by atoms with van der Waals surface area (Å²) in [6, 6.07) is 12.4. The Kier molecular flexibility index (Phi) is 8.69. The second-order valence-corrected chi connectivity index (χ2v) is 9.39. The van der Waals surface area contributed by atoms with E-state index < -0.39 is 18.0 Å². The van der Waals surface area contributed by atoms with Gasteiger partial charge in [0.05, 0.1) is 18.8 Å². The number of aliphatic hydroxyl groups excluding tert-OH is 1. The van der Waals surface area contributed by atoms with Gasteiger partial charge in [0.25, 0.3) is 5.91 Å². The highest BCUT2D eigenvalue weighted by atomic mass is 19.4. The number of hydrogen-bond acceptors (Lipinski definition) is 4. The van der Waals surface area contributed by atoms with Gasteiger partial charge in [0.15, 0.2) is 5.76 Å². The van der Waals surface area contributed by atoms with Gasteiger partial charge < -0.3 is 19.5 Å². The molecule has 0 bridgehead atoms. The number of hydrogen-bond donors (Lipinski definition) is 1. The summed E-state index contributed by atoms with van der Waals surface area (Å²) in [7, 11) is 0. The second kappa shape index (κ2) is 11.9. The van der Waals surface area contributed by atoms with Gasteiger partial charge in [-0.25, -0.2) is 0 Å². The third-order valence-corrected chi connectivity index (χ3v) is 6.72. The molecule has 1 saturated heterocycles. The normalized spacial score (nSPS) is 21.2. The van der Waals surface area contributed by atoms with E-state index in [1.807, 2.05) is 29.2 Å². The molecule has 0 radical (unpaired) electrons. The predicted octanol–water partition coefficient (Wildman–Crippen LogP) is 5.92. The van der Waals surface area contributed by atoms with Gasteiger partial charge in [0.1, 0.15) is 0 Å². The van der Waals surface area contributed by atoms with Gasteiger partial charge >= 0.3 is 6.18 Å². The molecule has 194 valence electrons. The van der Waals surface area contributed by atoms with E-state index in [9.17, 15) is 23.1 Å². The van der Waals surface area contributed by atoms with E-state index in [2.05, 4.69) is 0 Å². The zero-order chi connectivity index (χ0) is 25.5. The Bertz CT molecular complexity index is 1030. The van der Waals surface area contributed by atoms with Crippen molar-refractivity contribution in [3.63, 3.8) is 0 Å². The predicted molar refractivity (Wildman–Crippen MR) is 129 cm³/mol. The summed E-state index contributed by atoms with van der Waals surface area (Å²) >= 11 is 0. The van der Waals surface area contributed by atoms with Crippen molar-refractivity contribution in [1.82, 2.24) is 4.90 Å². The van der Waals surface area contributed by atoms with Gasteiger partial charge in [0, 0.05) is 25.4 Å². The molecule has 0 spiro atoms. The first-order valence-corrected chi connectivity index (χ1v) is 12.5. The van der Waals surface area contributed by atoms with Crippen LogP contribution in [-0.2, 0) is 33.7 Å². The number of allylic oxidation sites excluding steroid dienone is 1. The van der Waals surface area contributed by atoms with Crippen molar-refractivity contribution in [2.24, 2.45) is 0 Å². The molecule has 5 nitrogen and oxygen atoms in total. The van der Waals surface area contributed by atoms with Crippen LogP contribution in [0.25, 0.3) is 0 Å². The van der Waals surface area contributed by atoms with Crippen LogP contribution in [0, 0.1) is 0 Å². The van der Waals surface area contributed by atoms with Crippen molar-refractivity contribution in [3.05, 3.63) is 82.6 Å². The zero-order valence-electron chi connectivity index (χ0n) is 20.2. The Morgan fingerprint density at radius 2 is 1.56 bits per heavy atom. The maximum absolute atomic E-state index is 13.4. The van der Waals surface area contributed by atoms with Crippen molar-refractivity contribution in [3.8, 4) is 0 Å². The van der Waals surface area contributed by atoms with Crippen LogP contribution in [0.5, 0.6) is 0 Å². The van der Waals surface area contributed by atoms with E-state index in [1.54, 1.807) is 6.08 Å². The van der Waals surface area contributed by atoms with Crippen molar-refractivity contribution < 1.29 is 32.5 Å². The maximum atomic E-state index is 13.4. The molecule has 2 aromatic carbocycles. The number of likely N-dealkylation sites (tertiary alicyclic amines) is 1. The molecule has 2 aromatic rings. The largest absolute Gasteiger partial charge is 0.459 e. The molecule has 2 aliphatic rings. The average molecular weight is 504 g/mol. The third-order valence-electron chi connectivity index (χ3n) is 6.72. The number of amides is 1. The van der Waals surface area contributed by atoms with Gasteiger partial charge in [-0.15, -0.1) is 0 Å². The maximum Gasteiger partial charge on any atom is 0.416 e. The fourth-order valence-corrected chi connectivity index (χ4v) is 4.60. The Morgan fingerprint density at radius 3 is 2.17 bits per heavy atom. The number of alkyl halides is 3. The topological polar surface area (TPSA) is 59.0 Å². The molecule has 2 heterocycles. The Morgan fingerprint density at radius 1 is 0.944 bits per heavy atom. The number of ether oxygens (including phenoxy) is 2. The summed E-state index contributed by atoms with van der Waals surface area (Å²) in [5.41, 5.74) is 1.63. The molecule has 1 fully saturated rings. The van der Waals surface area contributed by atoms with Crippen LogP contribution in [0.3, 0.4) is 0 Å². The minimum atomic E-state index is -4.41. The van der Waals surface area contributed by atoms with Crippen molar-refractivity contribution in [1.29, 1.82) is 0 Å². The number of rotatable bonds is 6. The SMILES string of the molecule is O=C(C1=C[C@H](c2ccc(C(F)(F)F)cc2)C[C@H](OCc2ccc(CO)cc2)O1)N1CCCCCCC1. The second-order valence-electron chi connectivity index (χ2n) is 9.39. The first kappa shape index (κ1) is 26.2. The van der Waals surface area contributed by atoms with Crippen LogP contribution in [-0.4, -0.2) is 35.3 Å². The van der Waals surface area contributed by atoms with E-state index in [4.69, 9.17) is 9.47 Å². The smallest absolute Gasteiger partial charge is 0.416 e. The van der Waals surface area contributed by atoms with Crippen LogP contribution in [0.1, 0.15) is 66.7 Å². The molecule has 36 heavy (non-hydrogen) atoms. The quantitative estimate of drug-likeness (QED) is 0.532. The summed E-state index contributed by atoms with van der Waals surface area (Å²) in [4.78, 5) is 15.2. The number of carbonyl (C=O) groups is 1. The molecule has 4 rings (SSSR count). The van der Waals surface area contributed by atoms with Crippen LogP contribution in [0.4, 0.5) is 13.2 Å². The van der Waals surface area contributed by atoms with Gasteiger partial charge in [-0.2, -0.15) is 13.2 Å². The van der Waals surface area contributed by atoms with E-state index in [0.29, 0.717) is 25.1 Å². The highest BCUT2D eigenvalue weighted by Crippen LogP contribution is 2.35. The number of halogens is 3. The monoisotopic (exact) mass is 503 g/mol. The standard InChI is InChI=1S/C28H32F3NO4/c29-28(30,31)24-12-10-22(11-13-24)23-16-25(27(34)32-14-4-2-1-3-5-15-32)36-26(17-23)35-19-21-8-6-20(18-33)7-9-21/h6-13,16,23,26,33H,1-5,14-15,17-19H2/t23-,26+/m0/s1. The van der Waals surface area contributed by atoms with E-state index in [-0.39, 0.29) is 30.8 Å². The van der Waals surface area contributed by atoms with Crippen LogP contribution in [0.15, 0.2) is 60.4 Å². The highest BCUT2D eigenvalue weighted by Gasteiger charge is 2.33. The average Bonchev–Trinajstić information content (AvgIpc) is 2.86. The van der Waals surface area contributed by atoms with Gasteiger partial charge in [0.2, 0.25) is 6.29 Å². The lowest BCUT2D eigenvalue weighted by molar-refractivity contribution is -0.156. The summed E-state index contributed by atoms with van der Waals surface area (Å²) in [6.07, 6.45) is 2.16. The first-order valence-electron chi connectivity index (χ1n) is 12.5. The molecular formula is C28H32F3NO4. The number of aliphatic hydroxyl groups is 1. The van der Waals surface area contributed by atoms with E-state index >= 15 is 0 Å². The number of nitrogens with zero attached hydrogens (tertiary/aromatic N) is 1. The molecule has 1 N–H and O–H groups in total. The van der Waals surface area contributed by atoms with Crippen LogP contribution < -0.4 is 0 Å². The summed E-state index contributed by atoms with van der Waals surface area (Å²) in [5, 5.41) is 9.23. The van der Waals surface area contributed by atoms with Crippen molar-refractivity contribution in [2.75, 3.05) is 13.1 Å². The van der Waals surface area contributed by atoms with Crippen molar-refractivity contribution >= 4 is 5.91 Å². The van der Waals surface area contributed by atoms with E-state index in [0.717, 1.165) is 48.9 Å². The lowest BCUT2D eigenvalue weighted by atomic mass is 9.92. The molecule has 8 heteroatoms. The molecule has 0 aromatic heterocycles. The molecule has 2 aliphatic heterocycles. The molecule has 2 atom stereocenters. The van der Waals surface area contributed by atoms with Crippen LogP contribution >= 0.6 is 0 Å². The molecule has 0 unspecified atom stereocenters. The van der Waals surface area contributed by atoms with Gasteiger partial charge in [-0.05, 0) is 47.7 Å². The van der Waals surface area contributed by atoms with Crippen molar-refractivity contribution in [2.45, 2.75) is 70.1 Å². The third kappa shape index (κ3) is 6.89. The van der Waals surface area contributed by atoms with Gasteiger partial charge in [-0.3, -0.25) is 4.79 Å². The van der Waals surface area contributed by atoms with E-state index in [1.165, 1.54) is 18.6 Å².